The lowest BCUT2D eigenvalue weighted by atomic mass is 10.1. The fourth-order valence-corrected chi connectivity index (χ4v) is 5.18. The Bertz CT molecular complexity index is 1310. The first-order chi connectivity index (χ1) is 17.5. The quantitative estimate of drug-likeness (QED) is 0.204. The Kier molecular flexibility index (Phi) is 8.12. The van der Waals surface area contributed by atoms with Crippen LogP contribution in [0.1, 0.15) is 50.8 Å². The molecule has 8 nitrogen and oxygen atoms in total. The van der Waals surface area contributed by atoms with Crippen molar-refractivity contribution in [3.05, 3.63) is 81.2 Å². The van der Waals surface area contributed by atoms with E-state index in [9.17, 15) is 14.4 Å². The molecule has 1 aliphatic rings. The zero-order valence-electron chi connectivity index (χ0n) is 20.1. The van der Waals surface area contributed by atoms with Crippen LogP contribution in [0.25, 0.3) is 0 Å². The van der Waals surface area contributed by atoms with Gasteiger partial charge in [0.15, 0.2) is 0 Å². The van der Waals surface area contributed by atoms with Crippen molar-refractivity contribution in [2.45, 2.75) is 39.7 Å². The van der Waals surface area contributed by atoms with E-state index in [1.165, 1.54) is 17.6 Å². The monoisotopic (exact) mass is 505 g/mol. The second-order valence-corrected chi connectivity index (χ2v) is 9.33. The number of hydrogen-bond acceptors (Lipinski definition) is 7. The van der Waals surface area contributed by atoms with Gasteiger partial charge in [-0.05, 0) is 67.5 Å². The minimum absolute atomic E-state index is 0.226. The molecular weight excluding hydrogens is 478 g/mol. The zero-order chi connectivity index (χ0) is 25.5. The highest BCUT2D eigenvalue weighted by Gasteiger charge is 2.29. The molecule has 2 aromatic carbocycles. The fraction of sp³-hybridized carbons (Fsp3) is 0.259. The lowest BCUT2D eigenvalue weighted by molar-refractivity contribution is -0.136. The van der Waals surface area contributed by atoms with E-state index in [1.54, 1.807) is 19.1 Å². The minimum atomic E-state index is -0.943. The van der Waals surface area contributed by atoms with Crippen LogP contribution in [0.2, 0.25) is 0 Å². The molecule has 36 heavy (non-hydrogen) atoms. The molecule has 0 saturated heterocycles. The van der Waals surface area contributed by atoms with E-state index in [-0.39, 0.29) is 6.61 Å². The van der Waals surface area contributed by atoms with Gasteiger partial charge in [0.25, 0.3) is 0 Å². The highest BCUT2D eigenvalue weighted by Crippen LogP contribution is 2.39. The van der Waals surface area contributed by atoms with Crippen LogP contribution < -0.4 is 15.5 Å². The largest absolute Gasteiger partial charge is 0.489 e. The van der Waals surface area contributed by atoms with Gasteiger partial charge in [-0.25, -0.2) is 10.2 Å². The number of hydrazone groups is 1. The predicted octanol–water partition coefficient (Wildman–Crippen LogP) is 4.39. The topological polar surface area (TPSA) is 106 Å². The molecular formula is C27H27N3O5S. The normalized spacial score (nSPS) is 12.3. The summed E-state index contributed by atoms with van der Waals surface area (Å²) in [5, 5.41) is 6.77. The predicted molar refractivity (Wildman–Crippen MR) is 139 cm³/mol. The molecule has 0 unspecified atom stereocenters. The summed E-state index contributed by atoms with van der Waals surface area (Å²) in [7, 11) is 0. The molecule has 2 N–H and O–H groups in total. The number of benzene rings is 2. The number of thiophene rings is 1. The number of carbonyl (C=O) groups excluding carboxylic acids is 3. The summed E-state index contributed by atoms with van der Waals surface area (Å²) >= 11 is 1.31. The second kappa shape index (κ2) is 11.6. The van der Waals surface area contributed by atoms with Crippen LogP contribution in [0.5, 0.6) is 5.75 Å². The van der Waals surface area contributed by atoms with Gasteiger partial charge < -0.3 is 14.8 Å². The molecule has 0 spiro atoms. The average molecular weight is 506 g/mol. The lowest BCUT2D eigenvalue weighted by Crippen LogP contribution is -2.32. The summed E-state index contributed by atoms with van der Waals surface area (Å²) in [6.45, 7) is 4.41. The third-order valence-electron chi connectivity index (χ3n) is 5.73. The van der Waals surface area contributed by atoms with Crippen LogP contribution in [0.15, 0.2) is 53.6 Å². The van der Waals surface area contributed by atoms with E-state index in [0.717, 1.165) is 40.8 Å². The molecule has 1 aliphatic carbocycles. The summed E-state index contributed by atoms with van der Waals surface area (Å²) < 4.78 is 11.0. The first-order valence-electron chi connectivity index (χ1n) is 11.7. The van der Waals surface area contributed by atoms with Crippen molar-refractivity contribution in [3.8, 4) is 5.75 Å². The van der Waals surface area contributed by atoms with Gasteiger partial charge in [0.2, 0.25) is 0 Å². The van der Waals surface area contributed by atoms with Gasteiger partial charge in [0.1, 0.15) is 17.4 Å². The molecule has 1 heterocycles. The smallest absolute Gasteiger partial charge is 0.341 e. The van der Waals surface area contributed by atoms with Gasteiger partial charge in [0, 0.05) is 4.88 Å². The number of aryl methyl sites for hydroxylation is 2. The number of carbonyl (C=O) groups is 3. The number of fused-ring (bicyclic) bond motifs is 1. The molecule has 2 amide bonds. The second-order valence-electron chi connectivity index (χ2n) is 8.22. The van der Waals surface area contributed by atoms with Gasteiger partial charge >= 0.3 is 17.8 Å². The highest BCUT2D eigenvalue weighted by molar-refractivity contribution is 7.17. The number of nitrogens with zero attached hydrogens (tertiary/aromatic N) is 1. The van der Waals surface area contributed by atoms with Crippen molar-refractivity contribution in [2.75, 3.05) is 11.9 Å². The van der Waals surface area contributed by atoms with E-state index in [4.69, 9.17) is 9.47 Å². The van der Waals surface area contributed by atoms with Gasteiger partial charge in [-0.3, -0.25) is 9.59 Å². The van der Waals surface area contributed by atoms with E-state index in [1.807, 2.05) is 43.3 Å². The molecule has 9 heteroatoms. The Morgan fingerprint density at radius 2 is 1.92 bits per heavy atom. The van der Waals surface area contributed by atoms with E-state index in [2.05, 4.69) is 15.8 Å². The summed E-state index contributed by atoms with van der Waals surface area (Å²) in [5.74, 6) is -1.69. The molecule has 1 aromatic heterocycles. The van der Waals surface area contributed by atoms with Crippen molar-refractivity contribution in [1.29, 1.82) is 0 Å². The van der Waals surface area contributed by atoms with E-state index < -0.39 is 17.8 Å². The van der Waals surface area contributed by atoms with Crippen molar-refractivity contribution in [3.63, 3.8) is 0 Å². The average Bonchev–Trinajstić information content (AvgIpc) is 3.45. The van der Waals surface area contributed by atoms with Crippen LogP contribution in [-0.2, 0) is 33.8 Å². The van der Waals surface area contributed by atoms with Crippen molar-refractivity contribution >= 4 is 40.3 Å². The maximum atomic E-state index is 12.5. The molecule has 0 atom stereocenters. The summed E-state index contributed by atoms with van der Waals surface area (Å²) in [6.07, 6.45) is 3.97. The third kappa shape index (κ3) is 5.98. The third-order valence-corrected chi connectivity index (χ3v) is 6.93. The number of rotatable bonds is 8. The number of esters is 1. The van der Waals surface area contributed by atoms with Crippen LogP contribution in [0.3, 0.4) is 0 Å². The lowest BCUT2D eigenvalue weighted by Gasteiger charge is -2.09. The number of nitrogens with one attached hydrogen (secondary N) is 2. The Morgan fingerprint density at radius 3 is 2.72 bits per heavy atom. The molecule has 186 valence electrons. The number of anilines is 1. The molecule has 0 fully saturated rings. The van der Waals surface area contributed by atoms with Crippen LogP contribution >= 0.6 is 11.3 Å². The number of ether oxygens (including phenoxy) is 2. The Hall–Kier alpha value is -3.98. The van der Waals surface area contributed by atoms with E-state index >= 15 is 0 Å². The van der Waals surface area contributed by atoms with Crippen LogP contribution in [0.4, 0.5) is 5.00 Å². The van der Waals surface area contributed by atoms with Gasteiger partial charge in [-0.1, -0.05) is 36.4 Å². The SMILES string of the molecule is CCOC(=O)c1c(NC(=O)C(=O)N/N=C/c2cccc(OCc3ccccc3C)c2)sc2c1CCC2. The molecule has 0 radical (unpaired) electrons. The van der Waals surface area contributed by atoms with Crippen LogP contribution in [0, 0.1) is 6.92 Å². The fourth-order valence-electron chi connectivity index (χ4n) is 3.91. The summed E-state index contributed by atoms with van der Waals surface area (Å²) in [6, 6.07) is 15.2. The number of amides is 2. The maximum Gasteiger partial charge on any atom is 0.341 e. The van der Waals surface area contributed by atoms with Crippen molar-refractivity contribution < 1.29 is 23.9 Å². The van der Waals surface area contributed by atoms with Crippen molar-refractivity contribution in [1.82, 2.24) is 5.43 Å². The summed E-state index contributed by atoms with van der Waals surface area (Å²) in [4.78, 5) is 38.2. The Labute approximate surface area is 213 Å². The Balaban J connectivity index is 1.34. The zero-order valence-corrected chi connectivity index (χ0v) is 20.9. The maximum absolute atomic E-state index is 12.5. The molecule has 0 bridgehead atoms. The standard InChI is InChI=1S/C27H27N3O5S/c1-3-34-27(33)23-21-12-7-13-22(21)36-26(23)29-24(31)25(32)30-28-15-18-9-6-11-20(14-18)35-16-19-10-5-4-8-17(19)2/h4-6,8-11,14-15H,3,7,12-13,16H2,1-2H3,(H,29,31)(H,30,32)/b28-15+. The summed E-state index contributed by atoms with van der Waals surface area (Å²) in [5.41, 5.74) is 6.41. The highest BCUT2D eigenvalue weighted by atomic mass is 32.1. The van der Waals surface area contributed by atoms with Gasteiger partial charge in [-0.2, -0.15) is 5.10 Å². The van der Waals surface area contributed by atoms with Crippen LogP contribution in [-0.4, -0.2) is 30.6 Å². The van der Waals surface area contributed by atoms with Gasteiger partial charge in [-0.15, -0.1) is 11.3 Å². The van der Waals surface area contributed by atoms with Crippen molar-refractivity contribution in [2.24, 2.45) is 5.10 Å². The minimum Gasteiger partial charge on any atom is -0.489 e. The molecule has 0 saturated carbocycles. The first kappa shape index (κ1) is 25.1. The molecule has 3 aromatic rings. The Morgan fingerprint density at radius 1 is 1.08 bits per heavy atom. The van der Waals surface area contributed by atoms with Gasteiger partial charge in [0.05, 0.1) is 18.4 Å². The first-order valence-corrected chi connectivity index (χ1v) is 12.5. The van der Waals surface area contributed by atoms with E-state index in [0.29, 0.717) is 28.5 Å². The molecule has 4 rings (SSSR count). The number of hydrogen-bond donors (Lipinski definition) is 2. The molecule has 0 aliphatic heterocycles.